The number of hydrogen-bond acceptors (Lipinski definition) is 4. The molecule has 0 atom stereocenters. The highest BCUT2D eigenvalue weighted by molar-refractivity contribution is 6.98. The summed E-state index contributed by atoms with van der Waals surface area (Å²) >= 11 is 0. The maximum absolute atomic E-state index is 6.69. The Kier molecular flexibility index (Phi) is 4.88. The minimum Gasteiger partial charge on any atom is -0.458 e. The first-order valence-corrected chi connectivity index (χ1v) is 14.2. The van der Waals surface area contributed by atoms with Gasteiger partial charge in [0.2, 0.25) is 0 Å². The van der Waals surface area contributed by atoms with Gasteiger partial charge in [0.15, 0.2) is 11.3 Å². The van der Waals surface area contributed by atoms with Gasteiger partial charge in [0.05, 0.1) is 0 Å². The third-order valence-corrected chi connectivity index (χ3v) is 8.46. The molecule has 0 saturated carbocycles. The van der Waals surface area contributed by atoms with E-state index in [0.29, 0.717) is 0 Å². The summed E-state index contributed by atoms with van der Waals surface area (Å²) < 4.78 is 19.6. The number of para-hydroxylation sites is 2. The zero-order chi connectivity index (χ0) is 27.8. The average molecular weight is 541 g/mol. The van der Waals surface area contributed by atoms with Gasteiger partial charge in [-0.25, -0.2) is 0 Å². The molecule has 0 spiro atoms. The van der Waals surface area contributed by atoms with E-state index in [0.717, 1.165) is 78.4 Å². The summed E-state index contributed by atoms with van der Waals surface area (Å²) in [7, 11) is 0. The van der Waals surface area contributed by atoms with Crippen molar-refractivity contribution in [3.05, 3.63) is 133 Å². The number of furan rings is 1. The molecule has 9 rings (SSSR count). The van der Waals surface area contributed by atoms with Crippen molar-refractivity contribution in [2.75, 3.05) is 4.90 Å². The van der Waals surface area contributed by atoms with E-state index in [-0.39, 0.29) is 6.71 Å². The summed E-state index contributed by atoms with van der Waals surface area (Å²) in [4.78, 5) is 2.26. The van der Waals surface area contributed by atoms with Gasteiger partial charge in [-0.1, -0.05) is 72.3 Å². The third kappa shape index (κ3) is 3.37. The quantitative estimate of drug-likeness (QED) is 0.212. The lowest BCUT2D eigenvalue weighted by molar-refractivity contribution is 0.461. The molecular formula is C37H24BNO3. The van der Waals surface area contributed by atoms with Crippen LogP contribution in [0.25, 0.3) is 21.9 Å². The van der Waals surface area contributed by atoms with Crippen molar-refractivity contribution < 1.29 is 13.9 Å². The molecule has 3 heterocycles. The van der Waals surface area contributed by atoms with E-state index in [1.54, 1.807) is 0 Å². The van der Waals surface area contributed by atoms with Crippen LogP contribution >= 0.6 is 0 Å². The van der Waals surface area contributed by atoms with Crippen LogP contribution < -0.4 is 30.8 Å². The molecule has 0 aliphatic carbocycles. The second kappa shape index (κ2) is 8.79. The molecule has 0 saturated heterocycles. The number of nitrogens with zero attached hydrogens (tertiary/aromatic N) is 1. The van der Waals surface area contributed by atoms with Gasteiger partial charge in [0.25, 0.3) is 6.71 Å². The zero-order valence-corrected chi connectivity index (χ0v) is 22.9. The third-order valence-electron chi connectivity index (χ3n) is 8.46. The van der Waals surface area contributed by atoms with Crippen LogP contribution in [0.1, 0.15) is 5.56 Å². The van der Waals surface area contributed by atoms with Gasteiger partial charge in [-0.15, -0.1) is 0 Å². The van der Waals surface area contributed by atoms with Gasteiger partial charge in [0, 0.05) is 39.4 Å². The minimum absolute atomic E-state index is 0.00758. The van der Waals surface area contributed by atoms with E-state index in [2.05, 4.69) is 103 Å². The molecule has 0 fully saturated rings. The van der Waals surface area contributed by atoms with Crippen molar-refractivity contribution in [2.45, 2.75) is 6.92 Å². The predicted molar refractivity (Wildman–Crippen MR) is 171 cm³/mol. The van der Waals surface area contributed by atoms with Gasteiger partial charge in [-0.2, -0.15) is 0 Å². The van der Waals surface area contributed by atoms with Crippen LogP contribution in [0.3, 0.4) is 0 Å². The monoisotopic (exact) mass is 541 g/mol. The molecule has 6 aromatic carbocycles. The average Bonchev–Trinajstić information content (AvgIpc) is 3.41. The summed E-state index contributed by atoms with van der Waals surface area (Å²) in [6, 6.07) is 44.2. The number of rotatable bonds is 3. The Bertz CT molecular complexity index is 2170. The maximum atomic E-state index is 6.69. The van der Waals surface area contributed by atoms with Crippen LogP contribution in [0.15, 0.2) is 132 Å². The van der Waals surface area contributed by atoms with Crippen molar-refractivity contribution in [3.63, 3.8) is 0 Å². The molecule has 5 heteroatoms. The van der Waals surface area contributed by atoms with Gasteiger partial charge in [0.1, 0.15) is 22.8 Å². The standard InChI is InChI=1S/C37H24BNO3/c1-23-14-16-25(17-15-23)39(24-8-3-2-4-9-24)26-18-19-27-28-20-21-30-37(36(28)42-34(27)22-26)41-33-13-7-12-32-35(33)38(30)29-10-5-6-11-31(29)40-32/h2-22H,1H3. The highest BCUT2D eigenvalue weighted by atomic mass is 16.5. The second-order valence-electron chi connectivity index (χ2n) is 11.0. The Morgan fingerprint density at radius 2 is 1.24 bits per heavy atom. The largest absolute Gasteiger partial charge is 0.458 e. The lowest BCUT2D eigenvalue weighted by Gasteiger charge is -2.32. The minimum atomic E-state index is 0.00758. The summed E-state index contributed by atoms with van der Waals surface area (Å²) in [5.41, 5.74) is 9.31. The number of ether oxygens (including phenoxy) is 2. The molecule has 0 N–H and O–H groups in total. The first-order chi connectivity index (χ1) is 20.7. The van der Waals surface area contributed by atoms with Gasteiger partial charge in [-0.3, -0.25) is 0 Å². The highest BCUT2D eigenvalue weighted by Gasteiger charge is 2.41. The van der Waals surface area contributed by atoms with Crippen LogP contribution in [-0.2, 0) is 0 Å². The summed E-state index contributed by atoms with van der Waals surface area (Å²) in [5.74, 6) is 3.30. The molecule has 0 radical (unpaired) electrons. The van der Waals surface area contributed by atoms with E-state index in [1.165, 1.54) is 5.56 Å². The van der Waals surface area contributed by atoms with E-state index >= 15 is 0 Å². The topological polar surface area (TPSA) is 34.8 Å². The molecule has 198 valence electrons. The van der Waals surface area contributed by atoms with E-state index < -0.39 is 0 Å². The molecule has 2 aliphatic heterocycles. The van der Waals surface area contributed by atoms with E-state index in [9.17, 15) is 0 Å². The first-order valence-electron chi connectivity index (χ1n) is 14.2. The fourth-order valence-electron chi connectivity index (χ4n) is 6.51. The van der Waals surface area contributed by atoms with Crippen LogP contribution in [0.5, 0.6) is 23.0 Å². The first kappa shape index (κ1) is 23.3. The Balaban J connectivity index is 1.23. The molecule has 0 amide bonds. The van der Waals surface area contributed by atoms with E-state index in [4.69, 9.17) is 13.9 Å². The predicted octanol–water partition coefficient (Wildman–Crippen LogP) is 8.09. The summed E-state index contributed by atoms with van der Waals surface area (Å²) in [6.45, 7) is 2.12. The van der Waals surface area contributed by atoms with Gasteiger partial charge in [-0.05, 0) is 72.4 Å². The summed E-state index contributed by atoms with van der Waals surface area (Å²) in [5, 5.41) is 2.10. The number of benzene rings is 6. The van der Waals surface area contributed by atoms with Crippen LogP contribution in [0, 0.1) is 6.92 Å². The molecule has 1 aromatic heterocycles. The van der Waals surface area contributed by atoms with Crippen molar-refractivity contribution in [1.82, 2.24) is 0 Å². The zero-order valence-electron chi connectivity index (χ0n) is 22.9. The van der Waals surface area contributed by atoms with Gasteiger partial charge >= 0.3 is 0 Å². The number of hydrogen-bond donors (Lipinski definition) is 0. The van der Waals surface area contributed by atoms with Crippen LogP contribution in [-0.4, -0.2) is 6.71 Å². The normalized spacial score (nSPS) is 12.7. The van der Waals surface area contributed by atoms with Crippen molar-refractivity contribution in [3.8, 4) is 23.0 Å². The fourth-order valence-corrected chi connectivity index (χ4v) is 6.51. The lowest BCUT2D eigenvalue weighted by Crippen LogP contribution is -2.57. The molecule has 4 nitrogen and oxygen atoms in total. The Labute approximate surface area is 243 Å². The fraction of sp³-hybridized carbons (Fsp3) is 0.0270. The van der Waals surface area contributed by atoms with Crippen LogP contribution in [0.2, 0.25) is 0 Å². The maximum Gasteiger partial charge on any atom is 0.260 e. The molecule has 2 aliphatic rings. The number of fused-ring (bicyclic) bond motifs is 8. The second-order valence-corrected chi connectivity index (χ2v) is 11.0. The lowest BCUT2D eigenvalue weighted by atomic mass is 9.35. The SMILES string of the molecule is Cc1ccc(N(c2ccccc2)c2ccc3c(c2)oc2c4c(ccc23)B2c3ccccc3Oc3cccc(c32)O4)cc1. The smallest absolute Gasteiger partial charge is 0.260 e. The molecule has 0 bridgehead atoms. The van der Waals surface area contributed by atoms with Crippen molar-refractivity contribution >= 4 is 62.1 Å². The van der Waals surface area contributed by atoms with Gasteiger partial charge < -0.3 is 18.8 Å². The van der Waals surface area contributed by atoms with E-state index in [1.807, 2.05) is 36.4 Å². The van der Waals surface area contributed by atoms with Crippen molar-refractivity contribution in [1.29, 1.82) is 0 Å². The number of aryl methyl sites for hydroxylation is 1. The molecule has 7 aromatic rings. The molecule has 0 unspecified atom stereocenters. The summed E-state index contributed by atoms with van der Waals surface area (Å²) in [6.07, 6.45) is 0. The molecular weight excluding hydrogens is 517 g/mol. The molecule has 42 heavy (non-hydrogen) atoms. The Morgan fingerprint density at radius 1 is 0.548 bits per heavy atom. The Morgan fingerprint density at radius 3 is 2.10 bits per heavy atom. The van der Waals surface area contributed by atoms with Crippen molar-refractivity contribution in [2.24, 2.45) is 0 Å². The Hall–Kier alpha value is -5.42. The number of anilines is 3. The highest BCUT2D eigenvalue weighted by Crippen LogP contribution is 2.42. The van der Waals surface area contributed by atoms with Crippen LogP contribution in [0.4, 0.5) is 17.1 Å².